The lowest BCUT2D eigenvalue weighted by Crippen LogP contribution is -2.50. The number of fused-ring (bicyclic) bond motifs is 1. The lowest BCUT2D eigenvalue weighted by Gasteiger charge is -2.37. The summed E-state index contributed by atoms with van der Waals surface area (Å²) < 4.78 is 25.9. The van der Waals surface area contributed by atoms with Gasteiger partial charge in [-0.2, -0.15) is 0 Å². The van der Waals surface area contributed by atoms with Crippen LogP contribution in [0, 0.1) is 23.7 Å². The number of alkyl halides is 1. The number of pyridine rings is 1. The predicted octanol–water partition coefficient (Wildman–Crippen LogP) is 6.57. The minimum Gasteiger partial charge on any atom is -0.461 e. The average molecular weight is 690 g/mol. The fourth-order valence-electron chi connectivity index (χ4n) is 7.84. The molecule has 1 saturated heterocycles. The fraction of sp³-hybridized carbons (Fsp3) is 0.686. The molecular weight excluding hydrogens is 641 g/mol. The number of imidazole rings is 1. The van der Waals surface area contributed by atoms with Crippen molar-refractivity contribution in [1.29, 1.82) is 0 Å². The van der Waals surface area contributed by atoms with E-state index in [1.54, 1.807) is 50.9 Å². The van der Waals surface area contributed by atoms with E-state index in [-0.39, 0.29) is 47.0 Å². The van der Waals surface area contributed by atoms with Gasteiger partial charge in [0.2, 0.25) is 11.8 Å². The Morgan fingerprint density at radius 2 is 1.75 bits per heavy atom. The Morgan fingerprint density at radius 3 is 2.40 bits per heavy atom. The van der Waals surface area contributed by atoms with Gasteiger partial charge in [0.05, 0.1) is 18.3 Å². The predicted molar refractivity (Wildman–Crippen MR) is 180 cm³/mol. The number of likely N-dealkylation sites (tertiary alicyclic amines) is 1. The summed E-state index contributed by atoms with van der Waals surface area (Å²) in [5.74, 6) is -0.859. The molecule has 0 spiro atoms. The molecule has 3 atom stereocenters. The maximum atomic E-state index is 14.1. The van der Waals surface area contributed by atoms with Crippen molar-refractivity contribution in [2.75, 3.05) is 25.1 Å². The molecular formula is C35H49ClFN5O6. The van der Waals surface area contributed by atoms with Crippen molar-refractivity contribution in [3.63, 3.8) is 0 Å². The Kier molecular flexibility index (Phi) is 11.5. The number of nitrogens with one attached hydrogen (secondary N) is 2. The SMILES string of the molecule is CCOC(=O)c1nc2ccc(NC(=O)[C@@H]3[C@H](C4CCCCC4)CCN3C(=O)C3CCC([C@@H](CF)NC(=O)OC(C)(C)C)CC3)cn2c1Cl. The summed E-state index contributed by atoms with van der Waals surface area (Å²) in [6, 6.07) is 2.08. The number of halogens is 2. The van der Waals surface area contributed by atoms with Crippen molar-refractivity contribution in [3.05, 3.63) is 29.2 Å². The lowest BCUT2D eigenvalue weighted by atomic mass is 9.76. The van der Waals surface area contributed by atoms with E-state index in [0.29, 0.717) is 49.5 Å². The Balaban J connectivity index is 1.29. The standard InChI is InChI=1S/C35H49ClFN5O6/c1-5-47-33(45)28-30(36)42-20-24(15-16-27(42)40-28)38-31(43)29-25(21-9-7-6-8-10-21)17-18-41(29)32(44)23-13-11-22(12-14-23)26(19-37)39-34(46)48-35(2,3)4/h15-16,20-23,25-26,29H,5-14,17-19H2,1-4H3,(H,38,43)(H,39,46)/t22?,23?,25-,26+,29-/m0/s1. The molecule has 264 valence electrons. The molecule has 3 heterocycles. The average Bonchev–Trinajstić information content (AvgIpc) is 3.65. The van der Waals surface area contributed by atoms with Crippen LogP contribution in [0.3, 0.4) is 0 Å². The zero-order valence-electron chi connectivity index (χ0n) is 28.4. The van der Waals surface area contributed by atoms with E-state index in [1.165, 1.54) is 10.8 Å². The first-order chi connectivity index (χ1) is 22.9. The normalized spacial score (nSPS) is 24.2. The molecule has 2 saturated carbocycles. The summed E-state index contributed by atoms with van der Waals surface area (Å²) in [7, 11) is 0. The highest BCUT2D eigenvalue weighted by Crippen LogP contribution is 2.41. The third-order valence-corrected chi connectivity index (χ3v) is 10.5. The third-order valence-electron chi connectivity index (χ3n) is 10.1. The highest BCUT2D eigenvalue weighted by atomic mass is 35.5. The van der Waals surface area contributed by atoms with Crippen molar-refractivity contribution < 1.29 is 33.0 Å². The summed E-state index contributed by atoms with van der Waals surface area (Å²) in [6.45, 7) is 6.97. The molecule has 3 amide bonds. The van der Waals surface area contributed by atoms with E-state index in [0.717, 1.165) is 32.1 Å². The van der Waals surface area contributed by atoms with Gasteiger partial charge >= 0.3 is 12.1 Å². The molecule has 3 aliphatic rings. The van der Waals surface area contributed by atoms with Crippen LogP contribution in [0.2, 0.25) is 5.15 Å². The smallest absolute Gasteiger partial charge is 0.407 e. The number of esters is 1. The number of ether oxygens (including phenoxy) is 2. The van der Waals surface area contributed by atoms with Gasteiger partial charge in [-0.05, 0) is 89.7 Å². The fourth-order valence-corrected chi connectivity index (χ4v) is 8.09. The topological polar surface area (TPSA) is 131 Å². The number of aromatic nitrogens is 2. The van der Waals surface area contributed by atoms with E-state index >= 15 is 0 Å². The second kappa shape index (κ2) is 15.4. The van der Waals surface area contributed by atoms with Gasteiger partial charge in [0.25, 0.3) is 0 Å². The number of hydrogen-bond acceptors (Lipinski definition) is 7. The van der Waals surface area contributed by atoms with Crippen LogP contribution in [0.1, 0.15) is 102 Å². The monoisotopic (exact) mass is 689 g/mol. The second-order valence-electron chi connectivity index (χ2n) is 14.5. The van der Waals surface area contributed by atoms with Crippen LogP contribution in [-0.2, 0) is 19.1 Å². The van der Waals surface area contributed by atoms with Crippen LogP contribution in [-0.4, -0.2) is 75.7 Å². The van der Waals surface area contributed by atoms with Gasteiger partial charge in [0, 0.05) is 18.7 Å². The van der Waals surface area contributed by atoms with Crippen molar-refractivity contribution in [1.82, 2.24) is 19.6 Å². The number of carbonyl (C=O) groups is 4. The van der Waals surface area contributed by atoms with E-state index < -0.39 is 36.4 Å². The number of rotatable bonds is 9. The lowest BCUT2D eigenvalue weighted by molar-refractivity contribution is -0.142. The zero-order valence-corrected chi connectivity index (χ0v) is 29.2. The molecule has 11 nitrogen and oxygen atoms in total. The first-order valence-corrected chi connectivity index (χ1v) is 17.8. The van der Waals surface area contributed by atoms with E-state index in [4.69, 9.17) is 21.1 Å². The number of anilines is 1. The number of carbonyl (C=O) groups excluding carboxylic acids is 4. The molecule has 48 heavy (non-hydrogen) atoms. The van der Waals surface area contributed by atoms with Crippen LogP contribution < -0.4 is 10.6 Å². The summed E-state index contributed by atoms with van der Waals surface area (Å²) in [4.78, 5) is 59.0. The van der Waals surface area contributed by atoms with Crippen LogP contribution in [0.25, 0.3) is 5.65 Å². The van der Waals surface area contributed by atoms with Crippen LogP contribution in [0.4, 0.5) is 14.9 Å². The van der Waals surface area contributed by atoms with E-state index in [9.17, 15) is 23.6 Å². The first-order valence-electron chi connectivity index (χ1n) is 17.4. The summed E-state index contributed by atoms with van der Waals surface area (Å²) in [5.41, 5.74) is 0.223. The molecule has 5 rings (SSSR count). The van der Waals surface area contributed by atoms with Crippen LogP contribution in [0.5, 0.6) is 0 Å². The quantitative estimate of drug-likeness (QED) is 0.285. The molecule has 2 aromatic heterocycles. The Hall–Kier alpha value is -3.41. The maximum Gasteiger partial charge on any atom is 0.407 e. The maximum absolute atomic E-state index is 14.1. The zero-order chi connectivity index (χ0) is 34.6. The van der Waals surface area contributed by atoms with Gasteiger partial charge in [0.1, 0.15) is 29.1 Å². The Morgan fingerprint density at radius 1 is 1.04 bits per heavy atom. The van der Waals surface area contributed by atoms with Crippen molar-refractivity contribution >= 4 is 46.8 Å². The summed E-state index contributed by atoms with van der Waals surface area (Å²) in [6.07, 6.45) is 9.59. The van der Waals surface area contributed by atoms with Crippen molar-refractivity contribution in [3.8, 4) is 0 Å². The number of hydrogen-bond donors (Lipinski definition) is 2. The molecule has 2 aliphatic carbocycles. The molecule has 0 unspecified atom stereocenters. The molecule has 0 bridgehead atoms. The highest BCUT2D eigenvalue weighted by Gasteiger charge is 2.47. The molecule has 3 fully saturated rings. The van der Waals surface area contributed by atoms with E-state index in [1.807, 2.05) is 0 Å². The Labute approximate surface area is 286 Å². The van der Waals surface area contributed by atoms with Gasteiger partial charge in [-0.1, -0.05) is 43.7 Å². The summed E-state index contributed by atoms with van der Waals surface area (Å²) in [5, 5.41) is 5.81. The molecule has 2 aromatic rings. The van der Waals surface area contributed by atoms with Gasteiger partial charge in [0.15, 0.2) is 5.69 Å². The molecule has 0 radical (unpaired) electrons. The number of amides is 3. The number of alkyl carbamates (subject to hydrolysis) is 1. The first kappa shape index (κ1) is 35.9. The van der Waals surface area contributed by atoms with Crippen molar-refractivity contribution in [2.24, 2.45) is 23.7 Å². The van der Waals surface area contributed by atoms with Gasteiger partial charge < -0.3 is 25.0 Å². The van der Waals surface area contributed by atoms with Crippen molar-refractivity contribution in [2.45, 2.75) is 110 Å². The van der Waals surface area contributed by atoms with Gasteiger partial charge in [-0.15, -0.1) is 0 Å². The van der Waals surface area contributed by atoms with Crippen LogP contribution in [0.15, 0.2) is 18.3 Å². The minimum atomic E-state index is -0.708. The van der Waals surface area contributed by atoms with Gasteiger partial charge in [-0.3, -0.25) is 14.0 Å². The minimum absolute atomic E-state index is 0.0000908. The van der Waals surface area contributed by atoms with E-state index in [2.05, 4.69) is 15.6 Å². The molecule has 2 N–H and O–H groups in total. The van der Waals surface area contributed by atoms with Crippen LogP contribution >= 0.6 is 11.6 Å². The van der Waals surface area contributed by atoms with Gasteiger partial charge in [-0.25, -0.2) is 19.0 Å². The molecule has 13 heteroatoms. The molecule has 1 aliphatic heterocycles. The molecule has 0 aromatic carbocycles. The summed E-state index contributed by atoms with van der Waals surface area (Å²) >= 11 is 6.47. The highest BCUT2D eigenvalue weighted by molar-refractivity contribution is 6.32. The third kappa shape index (κ3) is 8.23. The number of nitrogens with zero attached hydrogens (tertiary/aromatic N) is 3. The Bertz CT molecular complexity index is 1480. The second-order valence-corrected chi connectivity index (χ2v) is 14.8. The largest absolute Gasteiger partial charge is 0.461 e.